The molecule has 0 bridgehead atoms. The Hall–Kier alpha value is -2.04. The van der Waals surface area contributed by atoms with Crippen molar-refractivity contribution in [2.24, 2.45) is 0 Å². The van der Waals surface area contributed by atoms with Crippen LogP contribution in [0.4, 0.5) is 4.79 Å². The number of piperidine rings is 1. The van der Waals surface area contributed by atoms with Crippen LogP contribution in [0.2, 0.25) is 0 Å². The normalized spacial score (nSPS) is 19.7. The number of aryl methyl sites for hydroxylation is 1. The van der Waals surface area contributed by atoms with Gasteiger partial charge in [0.25, 0.3) is 0 Å². The Bertz CT molecular complexity index is 588. The second kappa shape index (κ2) is 7.24. The number of nitrogens with zero attached hydrogens (tertiary/aromatic N) is 1. The first kappa shape index (κ1) is 18.3. The van der Waals surface area contributed by atoms with E-state index in [-0.39, 0.29) is 6.04 Å². The summed E-state index contributed by atoms with van der Waals surface area (Å²) in [4.78, 5) is 26.1. The number of carboxylic acid groups (broad SMARTS) is 1. The van der Waals surface area contributed by atoms with E-state index in [1.165, 1.54) is 0 Å². The van der Waals surface area contributed by atoms with Gasteiger partial charge in [0.15, 0.2) is 0 Å². The van der Waals surface area contributed by atoms with Gasteiger partial charge in [0, 0.05) is 6.54 Å². The van der Waals surface area contributed by atoms with Crippen LogP contribution in [0, 0.1) is 6.92 Å². The summed E-state index contributed by atoms with van der Waals surface area (Å²) >= 11 is 0. The summed E-state index contributed by atoms with van der Waals surface area (Å²) in [5.41, 5.74) is 1.21. The van der Waals surface area contributed by atoms with Crippen LogP contribution in [-0.2, 0) is 9.53 Å². The molecule has 5 nitrogen and oxygen atoms in total. The van der Waals surface area contributed by atoms with Gasteiger partial charge in [0.05, 0.1) is 6.04 Å². The molecule has 24 heavy (non-hydrogen) atoms. The Morgan fingerprint density at radius 1 is 1.21 bits per heavy atom. The molecule has 1 aromatic rings. The Morgan fingerprint density at radius 3 is 2.38 bits per heavy atom. The van der Waals surface area contributed by atoms with E-state index in [4.69, 9.17) is 4.74 Å². The molecule has 1 aliphatic rings. The molecule has 0 saturated carbocycles. The molecule has 0 spiro atoms. The standard InChI is InChI=1S/C19H27NO4/c1-13-8-10-14(11-9-13)16(17(21)22)15-7-5-6-12-20(15)18(23)24-19(2,3)4/h8-11,15-16H,5-7,12H2,1-4H3,(H,21,22)/t15?,16-/m0/s1. The minimum absolute atomic E-state index is 0.381. The zero-order valence-corrected chi connectivity index (χ0v) is 14.9. The SMILES string of the molecule is Cc1ccc([C@H](C(=O)O)C2CCCCN2C(=O)OC(C)(C)C)cc1. The molecular weight excluding hydrogens is 306 g/mol. The van der Waals surface area contributed by atoms with E-state index in [0.717, 1.165) is 24.0 Å². The summed E-state index contributed by atoms with van der Waals surface area (Å²) in [5, 5.41) is 9.80. The average Bonchev–Trinajstić information content (AvgIpc) is 2.48. The van der Waals surface area contributed by atoms with Crippen molar-refractivity contribution >= 4 is 12.1 Å². The lowest BCUT2D eigenvalue weighted by Crippen LogP contribution is -2.50. The van der Waals surface area contributed by atoms with Gasteiger partial charge < -0.3 is 14.7 Å². The number of hydrogen-bond donors (Lipinski definition) is 1. The highest BCUT2D eigenvalue weighted by Crippen LogP contribution is 2.32. The number of aliphatic carboxylic acids is 1. The smallest absolute Gasteiger partial charge is 0.410 e. The molecule has 132 valence electrons. The van der Waals surface area contributed by atoms with Crippen LogP contribution >= 0.6 is 0 Å². The van der Waals surface area contributed by atoms with E-state index in [1.807, 2.05) is 52.0 Å². The topological polar surface area (TPSA) is 66.8 Å². The molecule has 1 unspecified atom stereocenters. The van der Waals surface area contributed by atoms with Crippen LogP contribution in [0.3, 0.4) is 0 Å². The van der Waals surface area contributed by atoms with E-state index >= 15 is 0 Å². The van der Waals surface area contributed by atoms with Crippen LogP contribution in [-0.4, -0.2) is 40.3 Å². The predicted octanol–water partition coefficient (Wildman–Crippen LogP) is 3.95. The number of amides is 1. The van der Waals surface area contributed by atoms with Gasteiger partial charge in [-0.25, -0.2) is 4.79 Å². The predicted molar refractivity (Wildman–Crippen MR) is 92.1 cm³/mol. The van der Waals surface area contributed by atoms with Gasteiger partial charge in [-0.05, 0) is 52.5 Å². The summed E-state index contributed by atoms with van der Waals surface area (Å²) in [6, 6.07) is 7.12. The third-order valence-corrected chi connectivity index (χ3v) is 4.26. The maximum absolute atomic E-state index is 12.5. The summed E-state index contributed by atoms with van der Waals surface area (Å²) in [5.74, 6) is -1.64. The molecule has 1 aromatic carbocycles. The van der Waals surface area contributed by atoms with Crippen LogP contribution < -0.4 is 0 Å². The van der Waals surface area contributed by atoms with Crippen LogP contribution in [0.25, 0.3) is 0 Å². The number of benzene rings is 1. The first-order valence-corrected chi connectivity index (χ1v) is 8.48. The van der Waals surface area contributed by atoms with Crippen molar-refractivity contribution in [3.63, 3.8) is 0 Å². The van der Waals surface area contributed by atoms with Gasteiger partial charge in [-0.15, -0.1) is 0 Å². The second-order valence-electron chi connectivity index (χ2n) is 7.46. The molecule has 0 radical (unpaired) electrons. The Kier molecular flexibility index (Phi) is 5.52. The van der Waals surface area contributed by atoms with Crippen molar-refractivity contribution in [2.75, 3.05) is 6.54 Å². The minimum atomic E-state index is -0.903. The molecule has 0 aliphatic carbocycles. The average molecular weight is 333 g/mol. The van der Waals surface area contributed by atoms with Crippen molar-refractivity contribution in [1.29, 1.82) is 0 Å². The van der Waals surface area contributed by atoms with E-state index in [1.54, 1.807) is 4.90 Å². The zero-order valence-electron chi connectivity index (χ0n) is 14.9. The number of hydrogen-bond acceptors (Lipinski definition) is 3. The van der Waals surface area contributed by atoms with Crippen molar-refractivity contribution in [2.45, 2.75) is 64.5 Å². The fourth-order valence-electron chi connectivity index (χ4n) is 3.15. The van der Waals surface area contributed by atoms with Gasteiger partial charge >= 0.3 is 12.1 Å². The molecular formula is C19H27NO4. The minimum Gasteiger partial charge on any atom is -0.481 e. The van der Waals surface area contributed by atoms with Gasteiger partial charge in [-0.1, -0.05) is 29.8 Å². The number of carboxylic acids is 1. The largest absolute Gasteiger partial charge is 0.481 e. The van der Waals surface area contributed by atoms with Crippen molar-refractivity contribution < 1.29 is 19.4 Å². The number of carbonyl (C=O) groups is 2. The van der Waals surface area contributed by atoms with Crippen LogP contribution in [0.1, 0.15) is 57.1 Å². The lowest BCUT2D eigenvalue weighted by molar-refractivity contribution is -0.140. The number of carbonyl (C=O) groups excluding carboxylic acids is 1. The number of ether oxygens (including phenoxy) is 1. The summed E-state index contributed by atoms with van der Waals surface area (Å²) in [7, 11) is 0. The summed E-state index contributed by atoms with van der Waals surface area (Å²) in [6.07, 6.45) is 2.03. The molecule has 1 saturated heterocycles. The van der Waals surface area contributed by atoms with Gasteiger partial charge in [0.1, 0.15) is 11.5 Å². The molecule has 1 aliphatic heterocycles. The van der Waals surface area contributed by atoms with Gasteiger partial charge in [-0.3, -0.25) is 4.79 Å². The molecule has 2 atom stereocenters. The van der Waals surface area contributed by atoms with Gasteiger partial charge in [0.2, 0.25) is 0 Å². The molecule has 1 amide bonds. The highest BCUT2D eigenvalue weighted by molar-refractivity contribution is 5.79. The quantitative estimate of drug-likeness (QED) is 0.909. The lowest BCUT2D eigenvalue weighted by atomic mass is 9.85. The second-order valence-corrected chi connectivity index (χ2v) is 7.46. The molecule has 1 fully saturated rings. The number of rotatable bonds is 3. The van der Waals surface area contributed by atoms with Crippen molar-refractivity contribution in [3.8, 4) is 0 Å². The molecule has 1 N–H and O–H groups in total. The van der Waals surface area contributed by atoms with Gasteiger partial charge in [-0.2, -0.15) is 0 Å². The van der Waals surface area contributed by atoms with E-state index in [9.17, 15) is 14.7 Å². The fraction of sp³-hybridized carbons (Fsp3) is 0.579. The zero-order chi connectivity index (χ0) is 17.9. The third kappa shape index (κ3) is 4.49. The van der Waals surface area contributed by atoms with Crippen LogP contribution in [0.5, 0.6) is 0 Å². The van der Waals surface area contributed by atoms with E-state index in [0.29, 0.717) is 13.0 Å². The molecule has 1 heterocycles. The van der Waals surface area contributed by atoms with Crippen LogP contribution in [0.15, 0.2) is 24.3 Å². The molecule has 5 heteroatoms. The van der Waals surface area contributed by atoms with Crippen molar-refractivity contribution in [3.05, 3.63) is 35.4 Å². The third-order valence-electron chi connectivity index (χ3n) is 4.26. The lowest BCUT2D eigenvalue weighted by Gasteiger charge is -2.39. The summed E-state index contributed by atoms with van der Waals surface area (Å²) < 4.78 is 5.49. The monoisotopic (exact) mass is 333 g/mol. The molecule has 2 rings (SSSR count). The van der Waals surface area contributed by atoms with Crippen molar-refractivity contribution in [1.82, 2.24) is 4.90 Å². The Morgan fingerprint density at radius 2 is 1.83 bits per heavy atom. The van der Waals surface area contributed by atoms with E-state index < -0.39 is 23.6 Å². The Labute approximate surface area is 143 Å². The Balaban J connectivity index is 2.30. The fourth-order valence-corrected chi connectivity index (χ4v) is 3.15. The molecule has 0 aromatic heterocycles. The maximum atomic E-state index is 12.5. The number of likely N-dealkylation sites (tertiary alicyclic amines) is 1. The maximum Gasteiger partial charge on any atom is 0.410 e. The highest BCUT2D eigenvalue weighted by Gasteiger charge is 2.39. The first-order valence-electron chi connectivity index (χ1n) is 8.48. The first-order chi connectivity index (χ1) is 11.2. The summed E-state index contributed by atoms with van der Waals surface area (Å²) in [6.45, 7) is 7.96. The van der Waals surface area contributed by atoms with E-state index in [2.05, 4.69) is 0 Å². The highest BCUT2D eigenvalue weighted by atomic mass is 16.6.